The van der Waals surface area contributed by atoms with Crippen LogP contribution in [0.25, 0.3) is 27.4 Å². The Morgan fingerprint density at radius 2 is 1.89 bits per heavy atom. The number of pyridine rings is 1. The van der Waals surface area contributed by atoms with Crippen LogP contribution in [0.15, 0.2) is 46.4 Å². The minimum absolute atomic E-state index is 0.0138. The van der Waals surface area contributed by atoms with Gasteiger partial charge >= 0.3 is 6.18 Å². The molecule has 0 radical (unpaired) electrons. The van der Waals surface area contributed by atoms with Crippen LogP contribution >= 0.6 is 23.2 Å². The van der Waals surface area contributed by atoms with Crippen molar-refractivity contribution in [3.8, 4) is 6.07 Å². The van der Waals surface area contributed by atoms with Gasteiger partial charge in [-0.25, -0.2) is 19.3 Å². The molecule has 3 aromatic heterocycles. The summed E-state index contributed by atoms with van der Waals surface area (Å²) in [7, 11) is 0. The lowest BCUT2D eigenvalue weighted by Gasteiger charge is -2.33. The van der Waals surface area contributed by atoms with Gasteiger partial charge in [0.05, 0.1) is 34.3 Å². The monoisotopic (exact) mass is 790 g/mol. The van der Waals surface area contributed by atoms with Gasteiger partial charge in [0.2, 0.25) is 11.9 Å². The van der Waals surface area contributed by atoms with Crippen LogP contribution in [0, 0.1) is 35.9 Å². The number of benzene rings is 1. The van der Waals surface area contributed by atoms with Crippen LogP contribution in [-0.4, -0.2) is 62.5 Å². The summed E-state index contributed by atoms with van der Waals surface area (Å²) < 4.78 is 59.6. The number of nitrogens with one attached hydrogen (secondary N) is 1. The van der Waals surface area contributed by atoms with Gasteiger partial charge in [0, 0.05) is 90.5 Å². The molecular weight excluding hydrogens is 755 g/mol. The highest BCUT2D eigenvalue weighted by molar-refractivity contribution is 6.46. The molecule has 4 atom stereocenters. The number of likely N-dealkylation sites (tertiary alicyclic amines) is 1. The van der Waals surface area contributed by atoms with E-state index in [4.69, 9.17) is 28.2 Å². The van der Waals surface area contributed by atoms with E-state index < -0.39 is 17.6 Å². The molecule has 6 heterocycles. The molecule has 1 saturated carbocycles. The fraction of sp³-hybridized carbons (Fsp3) is 0.450. The first-order valence-corrected chi connectivity index (χ1v) is 19.4. The summed E-state index contributed by atoms with van der Waals surface area (Å²) in [6.45, 7) is 4.16. The number of rotatable bonds is 7. The first-order chi connectivity index (χ1) is 26.4. The second-order valence-electron chi connectivity index (χ2n) is 15.3. The van der Waals surface area contributed by atoms with Crippen molar-refractivity contribution < 1.29 is 22.4 Å². The molecule has 284 valence electrons. The Morgan fingerprint density at radius 3 is 2.58 bits per heavy atom. The van der Waals surface area contributed by atoms with Crippen molar-refractivity contribution in [2.75, 3.05) is 31.1 Å². The number of carbonyl (C=O) groups is 1. The number of nitrogens with zero attached hydrogens (tertiary/aromatic N) is 7. The molecule has 0 spiro atoms. The highest BCUT2D eigenvalue weighted by Gasteiger charge is 2.53. The van der Waals surface area contributed by atoms with Crippen LogP contribution in [-0.2, 0) is 17.4 Å². The van der Waals surface area contributed by atoms with Gasteiger partial charge in [-0.2, -0.15) is 18.4 Å². The number of aryl methyl sites for hydroxylation is 2. The number of allylic oxidation sites excluding steroid dienone is 3. The molecule has 1 N–H and O–H groups in total. The van der Waals surface area contributed by atoms with E-state index in [9.17, 15) is 23.2 Å². The molecule has 4 aromatic rings. The maximum Gasteiger partial charge on any atom is 0.419 e. The molecular formula is C40H36Cl2F4N8O. The van der Waals surface area contributed by atoms with Gasteiger partial charge in [0.25, 0.3) is 0 Å². The van der Waals surface area contributed by atoms with Crippen molar-refractivity contribution in [3.63, 3.8) is 0 Å². The van der Waals surface area contributed by atoms with Gasteiger partial charge in [0.1, 0.15) is 10.5 Å². The molecule has 9 nitrogen and oxygen atoms in total. The average molecular weight is 792 g/mol. The van der Waals surface area contributed by atoms with Gasteiger partial charge in [0.15, 0.2) is 5.82 Å². The molecule has 1 aromatic carbocycles. The minimum atomic E-state index is -4.55. The Morgan fingerprint density at radius 1 is 1.11 bits per heavy atom. The molecule has 2 aliphatic carbocycles. The smallest absolute Gasteiger partial charge is 0.338 e. The fourth-order valence-corrected chi connectivity index (χ4v) is 9.69. The molecule has 9 rings (SSSR count). The zero-order valence-corrected chi connectivity index (χ0v) is 31.4. The third-order valence-electron chi connectivity index (χ3n) is 11.8. The SMILES string of the molecule is Cc1nc2c(F)c(C3=C(Cl)C(Cl)=C=CC3)c(CCC#N)cc2c2c1cc([C@H]1[C@H]3C[C@H](CN(c4ncc(C(F)(F)F)cn4)C3)N1C(=O)C1CC1)n2[C@H]1CCNC1. The summed E-state index contributed by atoms with van der Waals surface area (Å²) in [5.41, 5.74) is 5.99. The molecule has 5 aliphatic rings. The van der Waals surface area contributed by atoms with Crippen LogP contribution < -0.4 is 10.2 Å². The summed E-state index contributed by atoms with van der Waals surface area (Å²) in [6, 6.07) is 5.69. The van der Waals surface area contributed by atoms with Crippen LogP contribution in [0.2, 0.25) is 0 Å². The van der Waals surface area contributed by atoms with E-state index in [1.807, 2.05) is 22.8 Å². The molecule has 2 bridgehead atoms. The van der Waals surface area contributed by atoms with E-state index in [2.05, 4.69) is 37.7 Å². The molecule has 3 aliphatic heterocycles. The lowest BCUT2D eigenvalue weighted by molar-refractivity contribution is -0.138. The minimum Gasteiger partial charge on any atom is -0.338 e. The normalized spacial score (nSPS) is 24.0. The van der Waals surface area contributed by atoms with Crippen molar-refractivity contribution in [1.29, 1.82) is 5.26 Å². The summed E-state index contributed by atoms with van der Waals surface area (Å²) in [4.78, 5) is 31.3. The van der Waals surface area contributed by atoms with Crippen LogP contribution in [0.3, 0.4) is 0 Å². The Hall–Kier alpha value is -4.47. The lowest BCUT2D eigenvalue weighted by atomic mass is 9.90. The summed E-state index contributed by atoms with van der Waals surface area (Å²) in [5, 5.41) is 15.0. The fourth-order valence-electron chi connectivity index (χ4n) is 9.27. The number of halogens is 6. The van der Waals surface area contributed by atoms with E-state index in [1.165, 1.54) is 0 Å². The van der Waals surface area contributed by atoms with E-state index >= 15 is 4.39 Å². The molecule has 15 heteroatoms. The maximum absolute atomic E-state index is 17.2. The lowest BCUT2D eigenvalue weighted by Crippen LogP contribution is -2.45. The van der Waals surface area contributed by atoms with Gasteiger partial charge in [-0.3, -0.25) is 4.79 Å². The number of hydrogen-bond donors (Lipinski definition) is 1. The predicted octanol–water partition coefficient (Wildman–Crippen LogP) is 8.26. The van der Waals surface area contributed by atoms with Crippen molar-refractivity contribution in [3.05, 3.63) is 80.3 Å². The van der Waals surface area contributed by atoms with E-state index in [0.29, 0.717) is 53.8 Å². The average Bonchev–Trinajstić information content (AvgIpc) is 3.62. The first-order valence-electron chi connectivity index (χ1n) is 18.6. The summed E-state index contributed by atoms with van der Waals surface area (Å²) in [6.07, 6.45) is 2.70. The van der Waals surface area contributed by atoms with Crippen LogP contribution in [0.1, 0.15) is 78.7 Å². The van der Waals surface area contributed by atoms with Gasteiger partial charge in [-0.05, 0) is 74.9 Å². The first kappa shape index (κ1) is 36.2. The Kier molecular flexibility index (Phi) is 8.96. The van der Waals surface area contributed by atoms with Crippen LogP contribution in [0.5, 0.6) is 0 Å². The number of alkyl halides is 3. The quantitative estimate of drug-likeness (QED) is 0.149. The van der Waals surface area contributed by atoms with Crippen molar-refractivity contribution in [2.45, 2.75) is 76.2 Å². The highest BCUT2D eigenvalue weighted by Crippen LogP contribution is 2.51. The third-order valence-corrected chi connectivity index (χ3v) is 12.7. The standard InChI is InChI=1S/C40H36Cl2F4N8O/c1-20-28-14-31(36-23-12-26(54(36)38(55)21-7-8-21)19-52(18-23)39-49-15-24(16-50-39)40(44,45)46)53(25-9-11-48-17-25)37(28)29-13-22(4-3-10-47)32(34(43)35(29)51-20)27-5-2-6-30(41)33(27)42/h2,13-16,21,23,25-26,36,48H,3-5,7-9,11-12,17-19H2,1H3/t23-,25-,26+,36+/m0/s1. The van der Waals surface area contributed by atoms with E-state index in [1.54, 1.807) is 6.08 Å². The number of anilines is 1. The van der Waals surface area contributed by atoms with Gasteiger partial charge < -0.3 is 19.7 Å². The number of hydrogen-bond acceptors (Lipinski definition) is 7. The number of aromatic nitrogens is 4. The molecule has 55 heavy (non-hydrogen) atoms. The second-order valence-corrected chi connectivity index (χ2v) is 16.0. The number of fused-ring (bicyclic) bond motifs is 5. The van der Waals surface area contributed by atoms with Gasteiger partial charge in [-0.15, -0.1) is 5.73 Å². The Balaban J connectivity index is 1.24. The van der Waals surface area contributed by atoms with Crippen molar-refractivity contribution >= 4 is 62.4 Å². The maximum atomic E-state index is 17.2. The van der Waals surface area contributed by atoms with Gasteiger partial charge in [-0.1, -0.05) is 23.2 Å². The number of piperidine rings is 1. The summed E-state index contributed by atoms with van der Waals surface area (Å²) >= 11 is 13.0. The molecule has 3 saturated heterocycles. The van der Waals surface area contributed by atoms with Crippen molar-refractivity contribution in [1.82, 2.24) is 29.7 Å². The van der Waals surface area contributed by atoms with Crippen LogP contribution in [0.4, 0.5) is 23.5 Å². The Bertz CT molecular complexity index is 2400. The van der Waals surface area contributed by atoms with E-state index in [0.717, 1.165) is 61.2 Å². The zero-order valence-electron chi connectivity index (χ0n) is 29.9. The topological polar surface area (TPSA) is 103 Å². The summed E-state index contributed by atoms with van der Waals surface area (Å²) in [5.74, 6) is -0.392. The molecule has 0 unspecified atom stereocenters. The van der Waals surface area contributed by atoms with E-state index in [-0.39, 0.29) is 70.2 Å². The highest BCUT2D eigenvalue weighted by atomic mass is 35.5. The molecule has 4 fully saturated rings. The predicted molar refractivity (Wildman–Crippen MR) is 201 cm³/mol. The number of nitriles is 1. The zero-order chi connectivity index (χ0) is 38.3. The second kappa shape index (κ2) is 13.6. The third kappa shape index (κ3) is 6.09. The molecule has 1 amide bonds. The largest absolute Gasteiger partial charge is 0.419 e. The Labute approximate surface area is 324 Å². The number of amides is 1. The number of carbonyl (C=O) groups excluding carboxylic acids is 1. The van der Waals surface area contributed by atoms with Crippen molar-refractivity contribution in [2.24, 2.45) is 11.8 Å².